The van der Waals surface area contributed by atoms with Crippen molar-refractivity contribution in [1.82, 2.24) is 0 Å². The van der Waals surface area contributed by atoms with Crippen LogP contribution in [0.4, 0.5) is 0 Å². The first-order valence-corrected chi connectivity index (χ1v) is 6.37. The maximum absolute atomic E-state index is 9.02. The van der Waals surface area contributed by atoms with E-state index >= 15 is 0 Å². The molecule has 1 N–H and O–H groups in total. The van der Waals surface area contributed by atoms with Gasteiger partial charge in [-0.2, -0.15) is 0 Å². The summed E-state index contributed by atoms with van der Waals surface area (Å²) in [6.45, 7) is 0.104. The molecule has 3 aromatic rings. The van der Waals surface area contributed by atoms with E-state index in [4.69, 9.17) is 5.11 Å². The zero-order valence-corrected chi connectivity index (χ0v) is 10.1. The van der Waals surface area contributed by atoms with Crippen LogP contribution in [-0.4, -0.2) is 5.11 Å². The van der Waals surface area contributed by atoms with Crippen LogP contribution in [0.2, 0.25) is 0 Å². The lowest BCUT2D eigenvalue weighted by molar-refractivity contribution is 0.282. The molecule has 0 saturated carbocycles. The molecule has 0 aliphatic rings. The zero-order valence-electron chi connectivity index (χ0n) is 9.26. The number of thiophene rings is 1. The number of aliphatic hydroxyl groups is 1. The second-order valence-electron chi connectivity index (χ2n) is 4.00. The molecule has 2 heteroatoms. The number of benzene rings is 2. The van der Waals surface area contributed by atoms with E-state index in [0.717, 1.165) is 5.56 Å². The molecule has 17 heavy (non-hydrogen) atoms. The molecule has 0 saturated heterocycles. The van der Waals surface area contributed by atoms with Crippen molar-refractivity contribution >= 4 is 21.4 Å². The molecule has 84 valence electrons. The second-order valence-corrected chi connectivity index (χ2v) is 5.09. The number of aliphatic hydroxyl groups excluding tert-OH is 1. The van der Waals surface area contributed by atoms with E-state index in [9.17, 15) is 0 Å². The predicted molar refractivity (Wildman–Crippen MR) is 73.2 cm³/mol. The van der Waals surface area contributed by atoms with Crippen LogP contribution < -0.4 is 0 Å². The van der Waals surface area contributed by atoms with Crippen molar-refractivity contribution in [3.8, 4) is 10.4 Å². The SMILES string of the molecule is OCc1ccc(-c2cc3ccccc3s2)cc1. The van der Waals surface area contributed by atoms with Gasteiger partial charge in [0.1, 0.15) is 0 Å². The Morgan fingerprint density at radius 3 is 2.41 bits per heavy atom. The van der Waals surface area contributed by atoms with Crippen LogP contribution in [0.25, 0.3) is 20.5 Å². The lowest BCUT2D eigenvalue weighted by atomic mass is 10.1. The van der Waals surface area contributed by atoms with Crippen LogP contribution in [0.3, 0.4) is 0 Å². The highest BCUT2D eigenvalue weighted by Gasteiger charge is 2.03. The van der Waals surface area contributed by atoms with E-state index in [0.29, 0.717) is 0 Å². The van der Waals surface area contributed by atoms with E-state index < -0.39 is 0 Å². The minimum Gasteiger partial charge on any atom is -0.392 e. The average Bonchev–Trinajstić information content (AvgIpc) is 2.82. The fourth-order valence-corrected chi connectivity index (χ4v) is 2.97. The second kappa shape index (κ2) is 4.32. The van der Waals surface area contributed by atoms with Crippen LogP contribution in [0, 0.1) is 0 Å². The van der Waals surface area contributed by atoms with Crippen molar-refractivity contribution in [3.63, 3.8) is 0 Å². The minimum atomic E-state index is 0.104. The normalized spacial score (nSPS) is 10.9. The van der Waals surface area contributed by atoms with Gasteiger partial charge < -0.3 is 5.11 Å². The highest BCUT2D eigenvalue weighted by atomic mass is 32.1. The summed E-state index contributed by atoms with van der Waals surface area (Å²) >= 11 is 1.80. The third kappa shape index (κ3) is 1.97. The zero-order chi connectivity index (χ0) is 11.7. The number of rotatable bonds is 2. The standard InChI is InChI=1S/C15H12OS/c16-10-11-5-7-12(8-6-11)15-9-13-3-1-2-4-14(13)17-15/h1-9,16H,10H2. The van der Waals surface area contributed by atoms with Crippen LogP contribution >= 0.6 is 11.3 Å². The smallest absolute Gasteiger partial charge is 0.0681 e. The van der Waals surface area contributed by atoms with Gasteiger partial charge in [-0.1, -0.05) is 42.5 Å². The first kappa shape index (κ1) is 10.5. The highest BCUT2D eigenvalue weighted by molar-refractivity contribution is 7.22. The Morgan fingerprint density at radius 2 is 1.71 bits per heavy atom. The molecule has 0 spiro atoms. The monoisotopic (exact) mass is 240 g/mol. The lowest BCUT2D eigenvalue weighted by Crippen LogP contribution is -1.81. The summed E-state index contributed by atoms with van der Waals surface area (Å²) in [4.78, 5) is 1.27. The maximum Gasteiger partial charge on any atom is 0.0681 e. The van der Waals surface area contributed by atoms with Gasteiger partial charge >= 0.3 is 0 Å². The number of hydrogen-bond acceptors (Lipinski definition) is 2. The first-order valence-electron chi connectivity index (χ1n) is 5.55. The molecule has 0 aliphatic heterocycles. The van der Waals surface area contributed by atoms with Gasteiger partial charge in [0.25, 0.3) is 0 Å². The van der Waals surface area contributed by atoms with Gasteiger partial charge in [0.05, 0.1) is 6.61 Å². The summed E-state index contributed by atoms with van der Waals surface area (Å²) in [5.74, 6) is 0. The molecule has 2 aromatic carbocycles. The maximum atomic E-state index is 9.02. The lowest BCUT2D eigenvalue weighted by Gasteiger charge is -1.98. The van der Waals surface area contributed by atoms with Gasteiger partial charge in [-0.05, 0) is 28.6 Å². The molecule has 0 unspecified atom stereocenters. The van der Waals surface area contributed by atoms with Crippen molar-refractivity contribution in [2.45, 2.75) is 6.61 Å². The fourth-order valence-electron chi connectivity index (χ4n) is 1.90. The third-order valence-corrected chi connectivity index (χ3v) is 4.01. The molecule has 0 bridgehead atoms. The van der Waals surface area contributed by atoms with Crippen LogP contribution in [0.1, 0.15) is 5.56 Å². The molecule has 1 heterocycles. The Balaban J connectivity index is 2.07. The van der Waals surface area contributed by atoms with Crippen LogP contribution in [0.5, 0.6) is 0 Å². The molecular weight excluding hydrogens is 228 g/mol. The summed E-state index contributed by atoms with van der Waals surface area (Å²) < 4.78 is 1.31. The van der Waals surface area contributed by atoms with E-state index in [1.165, 1.54) is 20.5 Å². The minimum absolute atomic E-state index is 0.104. The summed E-state index contributed by atoms with van der Waals surface area (Å²) in [6.07, 6.45) is 0. The van der Waals surface area contributed by atoms with Gasteiger partial charge in [-0.3, -0.25) is 0 Å². The van der Waals surface area contributed by atoms with Crippen LogP contribution in [-0.2, 0) is 6.61 Å². The van der Waals surface area contributed by atoms with Crippen molar-refractivity contribution in [3.05, 3.63) is 60.2 Å². The Labute approximate surface area is 104 Å². The Kier molecular flexibility index (Phi) is 2.67. The summed E-state index contributed by atoms with van der Waals surface area (Å²) in [7, 11) is 0. The van der Waals surface area contributed by atoms with E-state index in [1.807, 2.05) is 12.1 Å². The third-order valence-electron chi connectivity index (χ3n) is 2.85. The number of fused-ring (bicyclic) bond motifs is 1. The fraction of sp³-hybridized carbons (Fsp3) is 0.0667. The molecule has 0 radical (unpaired) electrons. The van der Waals surface area contributed by atoms with Gasteiger partial charge in [0.15, 0.2) is 0 Å². The Morgan fingerprint density at radius 1 is 0.941 bits per heavy atom. The molecule has 0 amide bonds. The summed E-state index contributed by atoms with van der Waals surface area (Å²) in [5, 5.41) is 10.3. The van der Waals surface area contributed by atoms with Gasteiger partial charge in [-0.15, -0.1) is 11.3 Å². The van der Waals surface area contributed by atoms with E-state index in [1.54, 1.807) is 11.3 Å². The quantitative estimate of drug-likeness (QED) is 0.716. The molecule has 1 aromatic heterocycles. The van der Waals surface area contributed by atoms with Gasteiger partial charge in [0, 0.05) is 9.58 Å². The molecule has 0 atom stereocenters. The molecule has 0 aliphatic carbocycles. The topological polar surface area (TPSA) is 20.2 Å². The average molecular weight is 240 g/mol. The molecule has 3 rings (SSSR count). The van der Waals surface area contributed by atoms with Gasteiger partial charge in [0.2, 0.25) is 0 Å². The first-order chi connectivity index (χ1) is 8.36. The van der Waals surface area contributed by atoms with Crippen molar-refractivity contribution in [2.75, 3.05) is 0 Å². The van der Waals surface area contributed by atoms with E-state index in [2.05, 4.69) is 42.5 Å². The molecule has 1 nitrogen and oxygen atoms in total. The van der Waals surface area contributed by atoms with Crippen molar-refractivity contribution in [1.29, 1.82) is 0 Å². The number of hydrogen-bond donors (Lipinski definition) is 1. The van der Waals surface area contributed by atoms with Crippen LogP contribution in [0.15, 0.2) is 54.6 Å². The largest absolute Gasteiger partial charge is 0.392 e. The summed E-state index contributed by atoms with van der Waals surface area (Å²) in [5.41, 5.74) is 2.17. The van der Waals surface area contributed by atoms with Crippen molar-refractivity contribution in [2.24, 2.45) is 0 Å². The van der Waals surface area contributed by atoms with E-state index in [-0.39, 0.29) is 6.61 Å². The molecule has 0 fully saturated rings. The van der Waals surface area contributed by atoms with Crippen molar-refractivity contribution < 1.29 is 5.11 Å². The predicted octanol–water partition coefficient (Wildman–Crippen LogP) is 4.06. The summed E-state index contributed by atoms with van der Waals surface area (Å²) in [6, 6.07) is 18.7. The molecular formula is C15H12OS. The van der Waals surface area contributed by atoms with Gasteiger partial charge in [-0.25, -0.2) is 0 Å². The highest BCUT2D eigenvalue weighted by Crippen LogP contribution is 2.33. The Bertz CT molecular complexity index is 604. The Hall–Kier alpha value is -1.64.